The van der Waals surface area contributed by atoms with Crippen LogP contribution in [0.25, 0.3) is 0 Å². The second-order valence-electron chi connectivity index (χ2n) is 5.47. The second kappa shape index (κ2) is 5.34. The highest BCUT2D eigenvalue weighted by atomic mass is 16.3. The molecule has 0 bridgehead atoms. The Bertz CT molecular complexity index is 693. The predicted octanol–water partition coefficient (Wildman–Crippen LogP) is 2.85. The van der Waals surface area contributed by atoms with Crippen LogP contribution in [-0.2, 0) is 17.6 Å². The van der Waals surface area contributed by atoms with Gasteiger partial charge in [-0.25, -0.2) is 0 Å². The van der Waals surface area contributed by atoms with Gasteiger partial charge in [-0.2, -0.15) is 0 Å². The summed E-state index contributed by atoms with van der Waals surface area (Å²) in [5.74, 6) is 0.102. The zero-order valence-electron chi connectivity index (χ0n) is 12.3. The van der Waals surface area contributed by atoms with Gasteiger partial charge in [-0.15, -0.1) is 0 Å². The first-order valence-corrected chi connectivity index (χ1v) is 7.27. The van der Waals surface area contributed by atoms with Crippen molar-refractivity contribution in [2.24, 2.45) is 0 Å². The molecule has 0 aliphatic carbocycles. The van der Waals surface area contributed by atoms with E-state index in [0.717, 1.165) is 34.4 Å². The molecule has 3 rings (SSSR count). The van der Waals surface area contributed by atoms with E-state index in [-0.39, 0.29) is 5.91 Å². The molecule has 2 aromatic rings. The Balaban J connectivity index is 1.98. The summed E-state index contributed by atoms with van der Waals surface area (Å²) in [5.41, 5.74) is 4.88. The van der Waals surface area contributed by atoms with E-state index in [1.165, 1.54) is 0 Å². The molecule has 1 aliphatic heterocycles. The van der Waals surface area contributed by atoms with E-state index in [1.54, 1.807) is 11.9 Å². The van der Waals surface area contributed by atoms with E-state index in [0.29, 0.717) is 6.42 Å². The topological polar surface area (TPSA) is 40.5 Å². The lowest BCUT2D eigenvalue weighted by Gasteiger charge is -2.17. The smallest absolute Gasteiger partial charge is 0.231 e. The van der Waals surface area contributed by atoms with E-state index in [4.69, 9.17) is 0 Å². The van der Waals surface area contributed by atoms with Gasteiger partial charge >= 0.3 is 0 Å². The lowest BCUT2D eigenvalue weighted by Crippen LogP contribution is -2.20. The maximum Gasteiger partial charge on any atom is 0.231 e. The molecule has 108 valence electrons. The molecule has 1 aliphatic rings. The summed E-state index contributed by atoms with van der Waals surface area (Å²) in [6, 6.07) is 13.7. The zero-order chi connectivity index (χ0) is 15.0. The number of amides is 1. The molecule has 1 atom stereocenters. The van der Waals surface area contributed by atoms with Crippen molar-refractivity contribution in [2.45, 2.75) is 25.9 Å². The highest BCUT2D eigenvalue weighted by molar-refractivity contribution is 6.00. The number of carbonyl (C=O) groups is 1. The fourth-order valence-electron chi connectivity index (χ4n) is 2.96. The van der Waals surface area contributed by atoms with Crippen LogP contribution in [0.3, 0.4) is 0 Å². The second-order valence-corrected chi connectivity index (χ2v) is 5.47. The monoisotopic (exact) mass is 281 g/mol. The van der Waals surface area contributed by atoms with Gasteiger partial charge in [-0.3, -0.25) is 4.79 Å². The van der Waals surface area contributed by atoms with Crippen molar-refractivity contribution in [1.82, 2.24) is 0 Å². The third-order valence-corrected chi connectivity index (χ3v) is 4.23. The van der Waals surface area contributed by atoms with Crippen LogP contribution in [0.4, 0.5) is 5.69 Å². The number of rotatable bonds is 3. The van der Waals surface area contributed by atoms with Crippen LogP contribution in [-0.4, -0.2) is 18.1 Å². The van der Waals surface area contributed by atoms with Gasteiger partial charge in [0.2, 0.25) is 5.91 Å². The molecule has 1 unspecified atom stereocenters. The molecule has 2 aromatic carbocycles. The van der Waals surface area contributed by atoms with Crippen molar-refractivity contribution >= 4 is 11.6 Å². The first-order valence-electron chi connectivity index (χ1n) is 7.27. The Labute approximate surface area is 124 Å². The van der Waals surface area contributed by atoms with E-state index in [9.17, 15) is 9.90 Å². The number of likely N-dealkylation sites (N-methyl/N-ethyl adjacent to an activating group) is 1. The molecule has 0 saturated heterocycles. The molecule has 0 radical (unpaired) electrons. The highest BCUT2D eigenvalue weighted by Crippen LogP contribution is 2.32. The van der Waals surface area contributed by atoms with E-state index in [2.05, 4.69) is 6.92 Å². The minimum atomic E-state index is -0.646. The molecular formula is C18H19NO2. The average Bonchev–Trinajstić information content (AvgIpc) is 2.80. The van der Waals surface area contributed by atoms with Crippen LogP contribution < -0.4 is 4.90 Å². The summed E-state index contributed by atoms with van der Waals surface area (Å²) in [4.78, 5) is 13.4. The van der Waals surface area contributed by atoms with Crippen molar-refractivity contribution in [1.29, 1.82) is 0 Å². The number of aliphatic hydroxyl groups excluding tert-OH is 1. The van der Waals surface area contributed by atoms with Crippen LogP contribution in [0, 0.1) is 0 Å². The Kier molecular flexibility index (Phi) is 3.52. The number of nitrogens with zero attached hydrogens (tertiary/aromatic N) is 1. The summed E-state index contributed by atoms with van der Waals surface area (Å²) in [6.45, 7) is 2.09. The molecule has 0 saturated carbocycles. The van der Waals surface area contributed by atoms with E-state index >= 15 is 0 Å². The molecule has 1 N–H and O–H groups in total. The number of hydrogen-bond donors (Lipinski definition) is 1. The number of fused-ring (bicyclic) bond motifs is 1. The maximum atomic E-state index is 11.7. The van der Waals surface area contributed by atoms with Gasteiger partial charge < -0.3 is 10.0 Å². The average molecular weight is 281 g/mol. The summed E-state index contributed by atoms with van der Waals surface area (Å²) in [7, 11) is 1.79. The molecule has 0 fully saturated rings. The van der Waals surface area contributed by atoms with Gasteiger partial charge in [0.25, 0.3) is 0 Å². The van der Waals surface area contributed by atoms with Gasteiger partial charge in [-0.1, -0.05) is 43.3 Å². The number of anilines is 1. The van der Waals surface area contributed by atoms with Crippen molar-refractivity contribution in [2.75, 3.05) is 11.9 Å². The fraction of sp³-hybridized carbons (Fsp3) is 0.278. The van der Waals surface area contributed by atoms with Gasteiger partial charge in [-0.05, 0) is 34.7 Å². The summed E-state index contributed by atoms with van der Waals surface area (Å²) in [6.07, 6.45) is 0.661. The third kappa shape index (κ3) is 2.34. The van der Waals surface area contributed by atoms with Crippen LogP contribution >= 0.6 is 0 Å². The molecule has 21 heavy (non-hydrogen) atoms. The largest absolute Gasteiger partial charge is 0.384 e. The van der Waals surface area contributed by atoms with Crippen LogP contribution in [0.15, 0.2) is 42.5 Å². The molecule has 3 nitrogen and oxygen atoms in total. The predicted molar refractivity (Wildman–Crippen MR) is 83.4 cm³/mol. The molecule has 1 heterocycles. The SMILES string of the molecule is CCc1ccccc1C(O)c1ccc2c(c1)CC(=O)N2C. The van der Waals surface area contributed by atoms with Gasteiger partial charge in [0.05, 0.1) is 6.42 Å². The molecular weight excluding hydrogens is 262 g/mol. The lowest BCUT2D eigenvalue weighted by atomic mass is 9.94. The zero-order valence-corrected chi connectivity index (χ0v) is 12.3. The van der Waals surface area contributed by atoms with E-state index in [1.807, 2.05) is 42.5 Å². The Hall–Kier alpha value is -2.13. The minimum Gasteiger partial charge on any atom is -0.384 e. The maximum absolute atomic E-state index is 11.7. The van der Waals surface area contributed by atoms with E-state index < -0.39 is 6.10 Å². The molecule has 1 amide bonds. The Morgan fingerprint density at radius 2 is 2.00 bits per heavy atom. The highest BCUT2D eigenvalue weighted by Gasteiger charge is 2.25. The molecule has 0 aromatic heterocycles. The minimum absolute atomic E-state index is 0.102. The standard InChI is InChI=1S/C18H19NO2/c1-3-12-6-4-5-7-15(12)18(21)13-8-9-16-14(10-13)11-17(20)19(16)2/h4-10,18,21H,3,11H2,1-2H3. The first kappa shape index (κ1) is 13.8. The van der Waals surface area contributed by atoms with Gasteiger partial charge in [0.15, 0.2) is 0 Å². The Morgan fingerprint density at radius 1 is 1.24 bits per heavy atom. The first-order chi connectivity index (χ1) is 10.1. The van der Waals surface area contributed by atoms with Crippen molar-refractivity contribution in [3.63, 3.8) is 0 Å². The Morgan fingerprint density at radius 3 is 2.76 bits per heavy atom. The van der Waals surface area contributed by atoms with Crippen LogP contribution in [0.1, 0.15) is 35.3 Å². The summed E-state index contributed by atoms with van der Waals surface area (Å²) in [5, 5.41) is 10.7. The van der Waals surface area contributed by atoms with Crippen molar-refractivity contribution in [3.8, 4) is 0 Å². The van der Waals surface area contributed by atoms with Crippen molar-refractivity contribution < 1.29 is 9.90 Å². The van der Waals surface area contributed by atoms with Crippen molar-refractivity contribution in [3.05, 3.63) is 64.7 Å². The quantitative estimate of drug-likeness (QED) is 0.940. The normalized spacial score (nSPS) is 15.2. The van der Waals surface area contributed by atoms with Crippen LogP contribution in [0.5, 0.6) is 0 Å². The number of aliphatic hydroxyl groups is 1. The third-order valence-electron chi connectivity index (χ3n) is 4.23. The summed E-state index contributed by atoms with van der Waals surface area (Å²) >= 11 is 0. The number of carbonyl (C=O) groups excluding carboxylic acids is 1. The molecule has 0 spiro atoms. The number of hydrogen-bond acceptors (Lipinski definition) is 2. The fourth-order valence-corrected chi connectivity index (χ4v) is 2.96. The van der Waals surface area contributed by atoms with Gasteiger partial charge in [0, 0.05) is 12.7 Å². The van der Waals surface area contributed by atoms with Crippen LogP contribution in [0.2, 0.25) is 0 Å². The lowest BCUT2D eigenvalue weighted by molar-refractivity contribution is -0.117. The molecule has 3 heteroatoms. The van der Waals surface area contributed by atoms with Gasteiger partial charge in [0.1, 0.15) is 6.10 Å². The summed E-state index contributed by atoms with van der Waals surface area (Å²) < 4.78 is 0. The number of benzene rings is 2. The number of aryl methyl sites for hydroxylation is 1.